The Morgan fingerprint density at radius 1 is 1.05 bits per heavy atom. The lowest BCUT2D eigenvalue weighted by Crippen LogP contribution is -2.47. The number of carbonyl (C=O) groups is 3. The standard InChI is InChI=1S/C26H35ClN6O4/c1-18(2)31-11-8-20(9-12-31)29-25(35)21-5-6-22(26(36)32-10-3-14-37-15-13-32)33(21)17-24(34)30-23-7-4-19(27)16-28-23/h4-7,16,18,20H,3,8-15,17H2,1-2H3,(H,29,35)(H,28,30,34). The van der Waals surface area contributed by atoms with Gasteiger partial charge in [0.1, 0.15) is 23.8 Å². The molecule has 0 saturated carbocycles. The zero-order valence-electron chi connectivity index (χ0n) is 21.4. The molecule has 2 aromatic heterocycles. The van der Waals surface area contributed by atoms with Crippen molar-refractivity contribution in [1.82, 2.24) is 24.7 Å². The molecule has 2 fully saturated rings. The van der Waals surface area contributed by atoms with Gasteiger partial charge in [-0.1, -0.05) is 11.6 Å². The lowest BCUT2D eigenvalue weighted by atomic mass is 10.0. The van der Waals surface area contributed by atoms with Gasteiger partial charge in [-0.25, -0.2) is 4.98 Å². The number of nitrogens with zero attached hydrogens (tertiary/aromatic N) is 4. The second-order valence-electron chi connectivity index (χ2n) is 9.74. The number of hydrogen-bond donors (Lipinski definition) is 2. The molecule has 2 aromatic rings. The van der Waals surface area contributed by atoms with Crippen LogP contribution in [0.2, 0.25) is 5.02 Å². The first kappa shape index (κ1) is 27.1. The molecule has 2 N–H and O–H groups in total. The Hall–Kier alpha value is -2.95. The first-order valence-corrected chi connectivity index (χ1v) is 13.2. The third kappa shape index (κ3) is 7.09. The van der Waals surface area contributed by atoms with Gasteiger partial charge in [0.05, 0.1) is 11.6 Å². The molecule has 2 saturated heterocycles. The maximum absolute atomic E-state index is 13.4. The number of aromatic nitrogens is 2. The Kier molecular flexibility index (Phi) is 9.18. The van der Waals surface area contributed by atoms with Crippen LogP contribution in [0.4, 0.5) is 5.82 Å². The predicted molar refractivity (Wildman–Crippen MR) is 141 cm³/mol. The number of amides is 3. The van der Waals surface area contributed by atoms with Gasteiger partial charge in [0.2, 0.25) is 5.91 Å². The summed E-state index contributed by atoms with van der Waals surface area (Å²) in [7, 11) is 0. The first-order chi connectivity index (χ1) is 17.8. The zero-order valence-corrected chi connectivity index (χ0v) is 22.2. The molecule has 11 heteroatoms. The first-order valence-electron chi connectivity index (χ1n) is 12.8. The van der Waals surface area contributed by atoms with E-state index in [-0.39, 0.29) is 30.1 Å². The van der Waals surface area contributed by atoms with Gasteiger partial charge < -0.3 is 29.7 Å². The minimum absolute atomic E-state index is 0.0415. The largest absolute Gasteiger partial charge is 0.380 e. The van der Waals surface area contributed by atoms with E-state index in [9.17, 15) is 14.4 Å². The fourth-order valence-electron chi connectivity index (χ4n) is 4.73. The molecule has 2 aliphatic heterocycles. The molecule has 0 aliphatic carbocycles. The average Bonchev–Trinajstić information content (AvgIpc) is 3.09. The Morgan fingerprint density at radius 2 is 1.81 bits per heavy atom. The summed E-state index contributed by atoms with van der Waals surface area (Å²) in [4.78, 5) is 47.9. The van der Waals surface area contributed by atoms with Gasteiger partial charge >= 0.3 is 0 Å². The number of pyridine rings is 1. The van der Waals surface area contributed by atoms with E-state index in [1.165, 1.54) is 10.8 Å². The molecule has 200 valence electrons. The van der Waals surface area contributed by atoms with Crippen LogP contribution in [0.5, 0.6) is 0 Å². The van der Waals surface area contributed by atoms with Crippen LogP contribution in [0.25, 0.3) is 0 Å². The van der Waals surface area contributed by atoms with E-state index in [1.54, 1.807) is 29.2 Å². The molecule has 10 nitrogen and oxygen atoms in total. The second-order valence-corrected chi connectivity index (χ2v) is 10.2. The zero-order chi connectivity index (χ0) is 26.4. The predicted octanol–water partition coefficient (Wildman–Crippen LogP) is 2.64. The summed E-state index contributed by atoms with van der Waals surface area (Å²) in [5.41, 5.74) is 0.570. The van der Waals surface area contributed by atoms with E-state index in [1.807, 2.05) is 0 Å². The molecule has 0 atom stereocenters. The lowest BCUT2D eigenvalue weighted by molar-refractivity contribution is -0.116. The number of anilines is 1. The molecule has 0 aromatic carbocycles. The summed E-state index contributed by atoms with van der Waals surface area (Å²) in [6.07, 6.45) is 3.88. The molecule has 0 unspecified atom stereocenters. The topological polar surface area (TPSA) is 109 Å². The summed E-state index contributed by atoms with van der Waals surface area (Å²) in [6.45, 7) is 8.04. The highest BCUT2D eigenvalue weighted by molar-refractivity contribution is 6.30. The van der Waals surface area contributed by atoms with Crippen LogP contribution in [0.3, 0.4) is 0 Å². The Bertz CT molecular complexity index is 1090. The van der Waals surface area contributed by atoms with Crippen molar-refractivity contribution >= 4 is 35.1 Å². The van der Waals surface area contributed by atoms with Crippen LogP contribution in [0.1, 0.15) is 54.1 Å². The van der Waals surface area contributed by atoms with Gasteiger partial charge in [0, 0.05) is 51.1 Å². The van der Waals surface area contributed by atoms with E-state index < -0.39 is 5.91 Å². The SMILES string of the molecule is CC(C)N1CCC(NC(=O)c2ccc(C(=O)N3CCCOCC3)n2CC(=O)Nc2ccc(Cl)cn2)CC1. The van der Waals surface area contributed by atoms with E-state index in [2.05, 4.69) is 34.4 Å². The highest BCUT2D eigenvalue weighted by atomic mass is 35.5. The fraction of sp³-hybridized carbons (Fsp3) is 0.538. The third-order valence-corrected chi connectivity index (χ3v) is 7.06. The van der Waals surface area contributed by atoms with Crippen molar-refractivity contribution in [2.45, 2.75) is 51.7 Å². The molecule has 2 aliphatic rings. The van der Waals surface area contributed by atoms with Gasteiger partial charge in [0.15, 0.2) is 0 Å². The van der Waals surface area contributed by atoms with Crippen molar-refractivity contribution in [1.29, 1.82) is 0 Å². The van der Waals surface area contributed by atoms with Gasteiger partial charge in [-0.05, 0) is 57.4 Å². The third-order valence-electron chi connectivity index (χ3n) is 6.83. The maximum atomic E-state index is 13.4. The van der Waals surface area contributed by atoms with Crippen molar-refractivity contribution in [2.24, 2.45) is 0 Å². The number of ether oxygens (including phenoxy) is 1. The monoisotopic (exact) mass is 530 g/mol. The number of nitrogens with one attached hydrogen (secondary N) is 2. The van der Waals surface area contributed by atoms with Gasteiger partial charge in [-0.3, -0.25) is 14.4 Å². The van der Waals surface area contributed by atoms with Crippen LogP contribution in [0, 0.1) is 0 Å². The molecular weight excluding hydrogens is 496 g/mol. The summed E-state index contributed by atoms with van der Waals surface area (Å²) in [5, 5.41) is 6.28. The molecule has 37 heavy (non-hydrogen) atoms. The van der Waals surface area contributed by atoms with Gasteiger partial charge in [0.25, 0.3) is 11.8 Å². The molecule has 3 amide bonds. The number of halogens is 1. The number of hydrogen-bond acceptors (Lipinski definition) is 6. The number of rotatable bonds is 7. The quantitative estimate of drug-likeness (QED) is 0.569. The fourth-order valence-corrected chi connectivity index (χ4v) is 4.84. The van der Waals surface area contributed by atoms with Crippen molar-refractivity contribution in [2.75, 3.05) is 44.7 Å². The Labute approximate surface area is 222 Å². The average molecular weight is 531 g/mol. The van der Waals surface area contributed by atoms with Crippen LogP contribution in [-0.4, -0.2) is 88.5 Å². The Morgan fingerprint density at radius 3 is 2.51 bits per heavy atom. The van der Waals surface area contributed by atoms with E-state index in [0.717, 1.165) is 32.4 Å². The number of carbonyl (C=O) groups excluding carboxylic acids is 3. The molecular formula is C26H35ClN6O4. The van der Waals surface area contributed by atoms with E-state index >= 15 is 0 Å². The van der Waals surface area contributed by atoms with Crippen LogP contribution < -0.4 is 10.6 Å². The van der Waals surface area contributed by atoms with E-state index in [4.69, 9.17) is 16.3 Å². The van der Waals surface area contributed by atoms with Crippen molar-refractivity contribution in [3.63, 3.8) is 0 Å². The minimum Gasteiger partial charge on any atom is -0.380 e. The summed E-state index contributed by atoms with van der Waals surface area (Å²) in [6, 6.07) is 6.97. The smallest absolute Gasteiger partial charge is 0.270 e. The van der Waals surface area contributed by atoms with Crippen LogP contribution in [-0.2, 0) is 16.1 Å². The van der Waals surface area contributed by atoms with Gasteiger partial charge in [-0.15, -0.1) is 0 Å². The van der Waals surface area contributed by atoms with Crippen LogP contribution >= 0.6 is 11.6 Å². The molecule has 4 heterocycles. The minimum atomic E-state index is -0.404. The van der Waals surface area contributed by atoms with Crippen molar-refractivity contribution in [3.05, 3.63) is 46.9 Å². The number of likely N-dealkylation sites (tertiary alicyclic amines) is 1. The normalized spacial score (nSPS) is 17.5. The Balaban J connectivity index is 1.52. The van der Waals surface area contributed by atoms with Crippen molar-refractivity contribution < 1.29 is 19.1 Å². The molecule has 0 bridgehead atoms. The molecule has 0 spiro atoms. The summed E-state index contributed by atoms with van der Waals surface area (Å²) in [5.74, 6) is -0.591. The van der Waals surface area contributed by atoms with Crippen molar-refractivity contribution in [3.8, 4) is 0 Å². The maximum Gasteiger partial charge on any atom is 0.270 e. The highest BCUT2D eigenvalue weighted by Crippen LogP contribution is 2.18. The second kappa shape index (κ2) is 12.5. The summed E-state index contributed by atoms with van der Waals surface area (Å²) >= 11 is 5.89. The van der Waals surface area contributed by atoms with E-state index in [0.29, 0.717) is 48.9 Å². The van der Waals surface area contributed by atoms with Crippen LogP contribution in [0.15, 0.2) is 30.5 Å². The highest BCUT2D eigenvalue weighted by Gasteiger charge is 2.28. The van der Waals surface area contributed by atoms with Gasteiger partial charge in [-0.2, -0.15) is 0 Å². The number of piperidine rings is 1. The summed E-state index contributed by atoms with van der Waals surface area (Å²) < 4.78 is 6.98. The molecule has 4 rings (SSSR count). The molecule has 0 radical (unpaired) electrons. The lowest BCUT2D eigenvalue weighted by Gasteiger charge is -2.34.